The number of alkyl halides is 3. The van der Waals surface area contributed by atoms with E-state index in [0.29, 0.717) is 5.56 Å². The lowest BCUT2D eigenvalue weighted by atomic mass is 10.1. The molecule has 8 nitrogen and oxygen atoms in total. The Kier molecular flexibility index (Phi) is 6.78. The number of nitrogens with one attached hydrogen (secondary N) is 1. The number of para-hydroxylation sites is 1. The first-order valence-electron chi connectivity index (χ1n) is 10.8. The highest BCUT2D eigenvalue weighted by atomic mass is 32.2. The molecule has 0 aliphatic carbocycles. The zero-order valence-electron chi connectivity index (χ0n) is 19.9. The quantitative estimate of drug-likeness (QED) is 0.335. The van der Waals surface area contributed by atoms with Crippen LogP contribution < -0.4 is 5.32 Å². The molecule has 0 fully saturated rings. The molecule has 1 N–H and O–H groups in total. The van der Waals surface area contributed by atoms with E-state index < -0.39 is 27.7 Å². The first-order valence-corrected chi connectivity index (χ1v) is 12.3. The van der Waals surface area contributed by atoms with Crippen molar-refractivity contribution in [2.75, 3.05) is 12.4 Å². The van der Waals surface area contributed by atoms with Crippen molar-refractivity contribution in [3.05, 3.63) is 89.4 Å². The smallest absolute Gasteiger partial charge is 0.418 e. The van der Waals surface area contributed by atoms with Crippen molar-refractivity contribution in [3.8, 4) is 11.3 Å². The fraction of sp³-hybridized carbons (Fsp3) is 0.160. The Labute approximate surface area is 210 Å². The second-order valence-electron chi connectivity index (χ2n) is 8.11. The lowest BCUT2D eigenvalue weighted by Gasteiger charge is -2.14. The normalized spacial score (nSPS) is 11.8. The number of aromatic nitrogens is 3. The first kappa shape index (κ1) is 25.9. The van der Waals surface area contributed by atoms with Crippen molar-refractivity contribution in [1.29, 1.82) is 0 Å². The van der Waals surface area contributed by atoms with Crippen molar-refractivity contribution < 1.29 is 31.1 Å². The molecule has 2 aromatic heterocycles. The fourth-order valence-corrected chi connectivity index (χ4v) is 4.95. The average molecular weight is 531 g/mol. The molecule has 0 aliphatic heterocycles. The number of carbonyl (C=O) groups excluding carboxylic acids is 1. The maximum atomic E-state index is 13.4. The topological polar surface area (TPSA) is 103 Å². The molecule has 0 bridgehead atoms. The molecule has 0 spiro atoms. The Morgan fingerprint density at radius 2 is 1.73 bits per heavy atom. The summed E-state index contributed by atoms with van der Waals surface area (Å²) in [5, 5.41) is 2.57. The van der Waals surface area contributed by atoms with Crippen molar-refractivity contribution in [2.45, 2.75) is 24.9 Å². The van der Waals surface area contributed by atoms with E-state index in [-0.39, 0.29) is 33.5 Å². The summed E-state index contributed by atoms with van der Waals surface area (Å²) in [6.07, 6.45) is -2.01. The minimum absolute atomic E-state index is 0.0454. The molecule has 37 heavy (non-hydrogen) atoms. The summed E-state index contributed by atoms with van der Waals surface area (Å²) in [5.74, 6) is -1.04. The summed E-state index contributed by atoms with van der Waals surface area (Å²) in [5.41, 5.74) is 0.366. The number of nitrogens with zero attached hydrogens (tertiary/aromatic N) is 3. The maximum Gasteiger partial charge on any atom is 0.418 e. The molecule has 192 valence electrons. The minimum Gasteiger partial charge on any atom is -0.464 e. The summed E-state index contributed by atoms with van der Waals surface area (Å²) in [4.78, 5) is 20.8. The first-order chi connectivity index (χ1) is 17.4. The Morgan fingerprint density at radius 1 is 1.05 bits per heavy atom. The Balaban J connectivity index is 1.81. The second-order valence-corrected chi connectivity index (χ2v) is 9.93. The third kappa shape index (κ3) is 5.19. The molecule has 12 heteroatoms. The second kappa shape index (κ2) is 9.69. The molecule has 0 atom stereocenters. The summed E-state index contributed by atoms with van der Waals surface area (Å²) >= 11 is 0. The lowest BCUT2D eigenvalue weighted by molar-refractivity contribution is -0.136. The van der Waals surface area contributed by atoms with E-state index in [4.69, 9.17) is 4.74 Å². The van der Waals surface area contributed by atoms with Gasteiger partial charge >= 0.3 is 12.1 Å². The molecule has 2 aromatic carbocycles. The van der Waals surface area contributed by atoms with Gasteiger partial charge in [-0.15, -0.1) is 0 Å². The molecule has 0 saturated heterocycles. The van der Waals surface area contributed by atoms with Gasteiger partial charge in [-0.1, -0.05) is 29.8 Å². The van der Waals surface area contributed by atoms with Gasteiger partial charge in [-0.25, -0.2) is 27.2 Å². The van der Waals surface area contributed by atoms with Crippen LogP contribution in [0.1, 0.15) is 27.2 Å². The van der Waals surface area contributed by atoms with E-state index in [1.807, 2.05) is 0 Å². The van der Waals surface area contributed by atoms with Gasteiger partial charge in [0.1, 0.15) is 5.69 Å². The number of carbonyl (C=O) groups is 1. The van der Waals surface area contributed by atoms with Gasteiger partial charge in [-0.2, -0.15) is 13.2 Å². The van der Waals surface area contributed by atoms with E-state index >= 15 is 0 Å². The van der Waals surface area contributed by atoms with Crippen LogP contribution in [-0.4, -0.2) is 35.4 Å². The number of rotatable bonds is 6. The van der Waals surface area contributed by atoms with E-state index in [1.54, 1.807) is 26.0 Å². The average Bonchev–Trinajstić information content (AvgIpc) is 3.31. The zero-order valence-corrected chi connectivity index (χ0v) is 20.7. The fourth-order valence-electron chi connectivity index (χ4n) is 3.60. The van der Waals surface area contributed by atoms with E-state index in [2.05, 4.69) is 15.3 Å². The Morgan fingerprint density at radius 3 is 2.38 bits per heavy atom. The number of benzene rings is 2. The highest BCUT2D eigenvalue weighted by Gasteiger charge is 2.33. The predicted molar refractivity (Wildman–Crippen MR) is 130 cm³/mol. The molecule has 2 heterocycles. The van der Waals surface area contributed by atoms with Gasteiger partial charge in [0.15, 0.2) is 0 Å². The minimum atomic E-state index is -4.60. The molecule has 0 amide bonds. The van der Waals surface area contributed by atoms with Crippen LogP contribution in [0.25, 0.3) is 11.3 Å². The van der Waals surface area contributed by atoms with Gasteiger partial charge < -0.3 is 10.1 Å². The van der Waals surface area contributed by atoms with E-state index in [1.165, 1.54) is 48.8 Å². The van der Waals surface area contributed by atoms with Crippen LogP contribution in [0.15, 0.2) is 71.9 Å². The molecular weight excluding hydrogens is 509 g/mol. The van der Waals surface area contributed by atoms with Gasteiger partial charge in [-0.05, 0) is 49.7 Å². The van der Waals surface area contributed by atoms with Crippen molar-refractivity contribution >= 4 is 27.6 Å². The van der Waals surface area contributed by atoms with Gasteiger partial charge in [-0.3, -0.25) is 0 Å². The number of hydrogen-bond acceptors (Lipinski definition) is 7. The number of halogens is 3. The van der Waals surface area contributed by atoms with E-state index in [9.17, 15) is 26.4 Å². The monoisotopic (exact) mass is 530 g/mol. The van der Waals surface area contributed by atoms with Gasteiger partial charge in [0, 0.05) is 18.0 Å². The molecule has 0 saturated carbocycles. The molecule has 0 radical (unpaired) electrons. The molecule has 0 aliphatic rings. The van der Waals surface area contributed by atoms with Crippen LogP contribution in [0.4, 0.5) is 24.8 Å². The van der Waals surface area contributed by atoms with E-state index in [0.717, 1.165) is 22.7 Å². The molecule has 0 unspecified atom stereocenters. The Bertz CT molecular complexity index is 1580. The van der Waals surface area contributed by atoms with Crippen LogP contribution in [0, 0.1) is 13.8 Å². The summed E-state index contributed by atoms with van der Waals surface area (Å²) in [6, 6.07) is 12.2. The number of hydrogen-bond donors (Lipinski definition) is 1. The third-order valence-corrected chi connectivity index (χ3v) is 7.17. The van der Waals surface area contributed by atoms with Crippen molar-refractivity contribution in [3.63, 3.8) is 0 Å². The number of esters is 1. The third-order valence-electron chi connectivity index (χ3n) is 5.48. The summed E-state index contributed by atoms with van der Waals surface area (Å²) in [6.45, 7) is 3.45. The lowest BCUT2D eigenvalue weighted by Crippen LogP contribution is -2.18. The highest BCUT2D eigenvalue weighted by molar-refractivity contribution is 7.90. The number of methoxy groups -OCH3 is 1. The number of ether oxygens (including phenoxy) is 1. The molecule has 4 rings (SSSR count). The highest BCUT2D eigenvalue weighted by Crippen LogP contribution is 2.36. The molecule has 4 aromatic rings. The predicted octanol–water partition coefficient (Wildman–Crippen LogP) is 5.35. The van der Waals surface area contributed by atoms with Crippen LogP contribution in [-0.2, 0) is 20.9 Å². The SMILES string of the molecule is COC(=O)c1cc(-c2nc(Nc3ccccc3C(F)(F)F)ncc2C)cn1S(=O)(=O)c1ccc(C)cc1. The largest absolute Gasteiger partial charge is 0.464 e. The van der Waals surface area contributed by atoms with Crippen LogP contribution in [0.3, 0.4) is 0 Å². The summed E-state index contributed by atoms with van der Waals surface area (Å²) < 4.78 is 72.5. The van der Waals surface area contributed by atoms with Crippen molar-refractivity contribution in [1.82, 2.24) is 13.9 Å². The van der Waals surface area contributed by atoms with Crippen molar-refractivity contribution in [2.24, 2.45) is 0 Å². The van der Waals surface area contributed by atoms with Crippen LogP contribution in [0.2, 0.25) is 0 Å². The number of anilines is 2. The number of aryl methyl sites for hydroxylation is 2. The van der Waals surface area contributed by atoms with Crippen LogP contribution >= 0.6 is 0 Å². The standard InChI is InChI=1S/C25H21F3N4O4S/c1-15-8-10-18(11-9-15)37(34,35)32-14-17(12-21(32)23(33)36-3)22-16(2)13-29-24(31-22)30-20-7-5-4-6-19(20)25(26,27)28/h4-14H,1-3H3,(H,29,30,31). The van der Waals surface area contributed by atoms with Gasteiger partial charge in [0.25, 0.3) is 10.0 Å². The van der Waals surface area contributed by atoms with Gasteiger partial charge in [0.05, 0.1) is 29.0 Å². The van der Waals surface area contributed by atoms with Crippen LogP contribution in [0.5, 0.6) is 0 Å². The summed E-state index contributed by atoms with van der Waals surface area (Å²) in [7, 11) is -3.07. The maximum absolute atomic E-state index is 13.4. The zero-order chi connectivity index (χ0) is 27.0. The van der Waals surface area contributed by atoms with Gasteiger partial charge in [0.2, 0.25) is 5.95 Å². The Hall–Kier alpha value is -4.19. The molecular formula is C25H21F3N4O4S.